The molecule has 0 saturated heterocycles. The van der Waals surface area contributed by atoms with Crippen LogP contribution in [0.4, 0.5) is 0 Å². The fourth-order valence-electron chi connectivity index (χ4n) is 0.403. The Balaban J connectivity index is 4.02. The number of amides is 1. The van der Waals surface area contributed by atoms with Crippen molar-refractivity contribution in [1.82, 2.24) is 0 Å². The Hall–Kier alpha value is -1.52. The average Bonchev–Trinajstić information content (AvgIpc) is 1.86. The maximum absolute atomic E-state index is 10.5. The molecule has 0 spiro atoms. The fourth-order valence-corrected chi connectivity index (χ4v) is 0.403. The monoisotopic (exact) mass is 158 g/mol. The number of carboxylic acid groups (broad SMARTS) is 1. The molecule has 1 atom stereocenters. The number of nitrogens with zero attached hydrogens (tertiary/aromatic N) is 1. The fraction of sp³-hybridized carbons (Fsp3) is 0.400. The second-order valence-corrected chi connectivity index (χ2v) is 1.75. The normalized spacial score (nSPS) is 11.4. The number of hydrogen-bond donors (Lipinski definition) is 2. The Morgan fingerprint density at radius 3 is 2.55 bits per heavy atom. The molecule has 3 N–H and O–H groups in total. The van der Waals surface area contributed by atoms with E-state index in [-0.39, 0.29) is 0 Å². The minimum Gasteiger partial charge on any atom is -0.481 e. The number of carbonyl (C=O) groups excluding carboxylic acids is 2. The maximum Gasteiger partial charge on any atom is 0.305 e. The van der Waals surface area contributed by atoms with E-state index in [1.165, 1.54) is 0 Å². The first-order chi connectivity index (χ1) is 5.07. The van der Waals surface area contributed by atoms with E-state index in [0.717, 1.165) is 6.08 Å². The van der Waals surface area contributed by atoms with Crippen molar-refractivity contribution in [2.45, 2.75) is 12.5 Å². The molecule has 0 aliphatic heterocycles. The largest absolute Gasteiger partial charge is 0.481 e. The van der Waals surface area contributed by atoms with Gasteiger partial charge in [-0.05, 0) is 0 Å². The van der Waals surface area contributed by atoms with Gasteiger partial charge in [0.1, 0.15) is 0 Å². The molecule has 60 valence electrons. The van der Waals surface area contributed by atoms with Gasteiger partial charge in [-0.3, -0.25) is 9.59 Å². The van der Waals surface area contributed by atoms with Gasteiger partial charge in [-0.25, -0.2) is 4.79 Å². The topological polar surface area (TPSA) is 110 Å². The Kier molecular flexibility index (Phi) is 3.72. The van der Waals surface area contributed by atoms with E-state index >= 15 is 0 Å². The van der Waals surface area contributed by atoms with Gasteiger partial charge in [0.25, 0.3) is 5.91 Å². The molecule has 0 radical (unpaired) electrons. The number of aliphatic imine (C=N–C) groups is 1. The van der Waals surface area contributed by atoms with E-state index in [4.69, 9.17) is 10.8 Å². The first-order valence-electron chi connectivity index (χ1n) is 2.67. The van der Waals surface area contributed by atoms with Crippen molar-refractivity contribution in [2.24, 2.45) is 10.7 Å². The zero-order valence-electron chi connectivity index (χ0n) is 5.48. The van der Waals surface area contributed by atoms with Gasteiger partial charge in [0.2, 0.25) is 6.08 Å². The Morgan fingerprint density at radius 1 is 1.64 bits per heavy atom. The number of aliphatic carboxylic acids is 1. The molecular weight excluding hydrogens is 152 g/mol. The molecule has 0 heterocycles. The van der Waals surface area contributed by atoms with Crippen LogP contribution in [0.25, 0.3) is 0 Å². The molecule has 0 bridgehead atoms. The summed E-state index contributed by atoms with van der Waals surface area (Å²) in [6.07, 6.45) is 0.436. The first kappa shape index (κ1) is 9.48. The Bertz CT molecular complexity index is 219. The molecule has 0 unspecified atom stereocenters. The minimum absolute atomic E-state index is 0.538. The summed E-state index contributed by atoms with van der Waals surface area (Å²) in [4.78, 5) is 32.5. The van der Waals surface area contributed by atoms with Crippen molar-refractivity contribution in [3.05, 3.63) is 0 Å². The molecule has 1 amide bonds. The lowest BCUT2D eigenvalue weighted by atomic mass is 10.2. The third-order valence-electron chi connectivity index (χ3n) is 0.868. The highest BCUT2D eigenvalue weighted by Gasteiger charge is 2.15. The van der Waals surface area contributed by atoms with Gasteiger partial charge < -0.3 is 10.8 Å². The van der Waals surface area contributed by atoms with Crippen LogP contribution >= 0.6 is 0 Å². The molecule has 0 aliphatic rings. The molecule has 0 aromatic carbocycles. The Morgan fingerprint density at radius 2 is 2.18 bits per heavy atom. The molecular formula is C5H6N2O4. The van der Waals surface area contributed by atoms with Crippen LogP contribution in [0, 0.1) is 0 Å². The summed E-state index contributed by atoms with van der Waals surface area (Å²) in [5.74, 6) is -2.19. The van der Waals surface area contributed by atoms with Crippen molar-refractivity contribution in [3.63, 3.8) is 0 Å². The zero-order valence-corrected chi connectivity index (χ0v) is 5.48. The first-order valence-corrected chi connectivity index (χ1v) is 2.67. The van der Waals surface area contributed by atoms with Crippen LogP contribution in [0.15, 0.2) is 4.99 Å². The summed E-state index contributed by atoms with van der Waals surface area (Å²) in [5, 5.41) is 8.13. The molecule has 0 aromatic rings. The lowest BCUT2D eigenvalue weighted by Gasteiger charge is -1.99. The van der Waals surface area contributed by atoms with Gasteiger partial charge in [-0.15, -0.1) is 4.99 Å². The van der Waals surface area contributed by atoms with Crippen LogP contribution in [-0.2, 0) is 14.4 Å². The predicted molar refractivity (Wildman–Crippen MR) is 33.4 cm³/mol. The second kappa shape index (κ2) is 4.32. The summed E-state index contributed by atoms with van der Waals surface area (Å²) < 4.78 is 0. The molecule has 11 heavy (non-hydrogen) atoms. The van der Waals surface area contributed by atoms with Gasteiger partial charge in [0, 0.05) is 0 Å². The predicted octanol–water partition coefficient (Wildman–Crippen LogP) is -1.35. The van der Waals surface area contributed by atoms with Crippen LogP contribution in [0.3, 0.4) is 0 Å². The van der Waals surface area contributed by atoms with Gasteiger partial charge in [-0.1, -0.05) is 0 Å². The van der Waals surface area contributed by atoms with E-state index < -0.39 is 24.3 Å². The smallest absolute Gasteiger partial charge is 0.305 e. The molecule has 0 aliphatic carbocycles. The van der Waals surface area contributed by atoms with Crippen molar-refractivity contribution in [3.8, 4) is 0 Å². The van der Waals surface area contributed by atoms with Crippen LogP contribution < -0.4 is 5.73 Å². The van der Waals surface area contributed by atoms with Crippen LogP contribution in [0.1, 0.15) is 6.42 Å². The number of isocyanates is 1. The van der Waals surface area contributed by atoms with Crippen LogP contribution in [0.5, 0.6) is 0 Å². The van der Waals surface area contributed by atoms with Gasteiger partial charge >= 0.3 is 5.97 Å². The summed E-state index contributed by atoms with van der Waals surface area (Å²) in [5.41, 5.74) is 5.00. The quantitative estimate of drug-likeness (QED) is 0.389. The second-order valence-electron chi connectivity index (χ2n) is 1.75. The van der Waals surface area contributed by atoms with Gasteiger partial charge in [0.05, 0.1) is 12.5 Å². The number of rotatable bonds is 3. The van der Waals surface area contributed by atoms with E-state index in [1.54, 1.807) is 0 Å². The molecule has 0 aromatic heterocycles. The molecule has 0 fully saturated rings. The highest BCUT2D eigenvalue weighted by molar-refractivity contribution is 5.89. The highest BCUT2D eigenvalue weighted by atomic mass is 16.4. The lowest BCUT2D eigenvalue weighted by molar-refractivity contribution is -0.139. The van der Waals surface area contributed by atoms with Crippen molar-refractivity contribution < 1.29 is 19.5 Å². The van der Waals surface area contributed by atoms with Crippen molar-refractivity contribution >= 4 is 18.0 Å². The summed E-state index contributed by atoms with van der Waals surface area (Å²) in [6.45, 7) is 0. The molecule has 0 rings (SSSR count). The number of carboxylic acids is 1. The van der Waals surface area contributed by atoms with Crippen molar-refractivity contribution in [1.29, 1.82) is 0 Å². The molecule has 0 saturated carbocycles. The number of carbonyl (C=O) groups is 2. The van der Waals surface area contributed by atoms with E-state index in [0.29, 0.717) is 0 Å². The van der Waals surface area contributed by atoms with E-state index in [1.807, 2.05) is 0 Å². The average molecular weight is 158 g/mol. The van der Waals surface area contributed by atoms with Crippen LogP contribution in [-0.4, -0.2) is 29.1 Å². The SMILES string of the molecule is N[C@@H](CC(=O)O)C(=O)N=C=O. The minimum atomic E-state index is -1.26. The van der Waals surface area contributed by atoms with Gasteiger partial charge in [-0.2, -0.15) is 0 Å². The van der Waals surface area contributed by atoms with Gasteiger partial charge in [0.15, 0.2) is 0 Å². The highest BCUT2D eigenvalue weighted by Crippen LogP contribution is 1.90. The van der Waals surface area contributed by atoms with E-state index in [9.17, 15) is 14.4 Å². The number of nitrogens with two attached hydrogens (primary N) is 1. The number of hydrogen-bond acceptors (Lipinski definition) is 4. The third-order valence-corrected chi connectivity index (χ3v) is 0.868. The van der Waals surface area contributed by atoms with E-state index in [2.05, 4.69) is 4.99 Å². The molecule has 6 nitrogen and oxygen atoms in total. The lowest BCUT2D eigenvalue weighted by Crippen LogP contribution is -2.31. The summed E-state index contributed by atoms with van der Waals surface area (Å²) in [6, 6.07) is -1.26. The maximum atomic E-state index is 10.5. The summed E-state index contributed by atoms with van der Waals surface area (Å²) in [7, 11) is 0. The molecule has 6 heteroatoms. The third kappa shape index (κ3) is 3.96. The standard InChI is InChI=1S/C5H6N2O4/c6-3(1-4(9)10)5(11)7-2-8/h3H,1,6H2,(H,9,10)/t3-/m0/s1. The summed E-state index contributed by atoms with van der Waals surface area (Å²) >= 11 is 0. The zero-order chi connectivity index (χ0) is 8.85. The van der Waals surface area contributed by atoms with Crippen LogP contribution in [0.2, 0.25) is 0 Å². The van der Waals surface area contributed by atoms with Crippen molar-refractivity contribution in [2.75, 3.05) is 0 Å². The Labute approximate surface area is 61.7 Å².